The zero-order chi connectivity index (χ0) is 32.3. The third kappa shape index (κ3) is 4.48. The first-order chi connectivity index (χ1) is 24.3. The van der Waals surface area contributed by atoms with Crippen LogP contribution in [0.2, 0.25) is 0 Å². The Morgan fingerprint density at radius 1 is 0.408 bits per heavy atom. The van der Waals surface area contributed by atoms with E-state index in [4.69, 9.17) is 19.4 Å². The number of ether oxygens (including phenoxy) is 2. The van der Waals surface area contributed by atoms with E-state index < -0.39 is 0 Å². The van der Waals surface area contributed by atoms with Crippen LogP contribution in [0.4, 0.5) is 0 Å². The van der Waals surface area contributed by atoms with Crippen LogP contribution in [0.5, 0.6) is 23.0 Å². The Balaban J connectivity index is 1.24. The molecule has 0 saturated carbocycles. The highest BCUT2D eigenvalue weighted by molar-refractivity contribution is 6.20. The standard InChI is InChI=1S/C44H27N3O2/c1-3-13-29(14-4-1)36-27-37(30-15-5-2-6-16-30)46-44(45-36)31-17-11-18-32(26-31)47-41-33-19-8-7-12-28(33)22-23-34(41)35-24-25-40-43(42(35)47)49-39-21-10-9-20-38(39)48-40/h1-27H. The van der Waals surface area contributed by atoms with Gasteiger partial charge in [0.25, 0.3) is 0 Å². The number of para-hydroxylation sites is 2. The molecule has 7 aromatic carbocycles. The first kappa shape index (κ1) is 27.4. The van der Waals surface area contributed by atoms with E-state index in [0.717, 1.165) is 66.3 Å². The average Bonchev–Trinajstić information content (AvgIpc) is 3.53. The van der Waals surface area contributed by atoms with E-state index in [2.05, 4.69) is 102 Å². The summed E-state index contributed by atoms with van der Waals surface area (Å²) in [5.74, 6) is 3.42. The van der Waals surface area contributed by atoms with Gasteiger partial charge >= 0.3 is 0 Å². The molecule has 2 aromatic heterocycles. The Morgan fingerprint density at radius 2 is 1.02 bits per heavy atom. The molecule has 0 fully saturated rings. The van der Waals surface area contributed by atoms with Crippen molar-refractivity contribution in [1.29, 1.82) is 0 Å². The van der Waals surface area contributed by atoms with Gasteiger partial charge in [0.05, 0.1) is 16.9 Å². The summed E-state index contributed by atoms with van der Waals surface area (Å²) in [6, 6.07) is 56.0. The Hall–Kier alpha value is -6.72. The highest BCUT2D eigenvalue weighted by Gasteiger charge is 2.26. The number of aromatic nitrogens is 3. The lowest BCUT2D eigenvalue weighted by molar-refractivity contribution is 0.362. The van der Waals surface area contributed by atoms with E-state index in [9.17, 15) is 0 Å². The zero-order valence-corrected chi connectivity index (χ0v) is 26.2. The van der Waals surface area contributed by atoms with Crippen LogP contribution in [0, 0.1) is 0 Å². The number of fused-ring (bicyclic) bond motifs is 8. The van der Waals surface area contributed by atoms with Crippen LogP contribution in [0.15, 0.2) is 164 Å². The first-order valence-electron chi connectivity index (χ1n) is 16.3. The molecule has 0 radical (unpaired) electrons. The van der Waals surface area contributed by atoms with Gasteiger partial charge in [0.1, 0.15) is 5.52 Å². The molecule has 0 N–H and O–H groups in total. The van der Waals surface area contributed by atoms with Crippen molar-refractivity contribution in [3.05, 3.63) is 164 Å². The fourth-order valence-corrected chi connectivity index (χ4v) is 6.98. The Bertz CT molecular complexity index is 2660. The summed E-state index contributed by atoms with van der Waals surface area (Å²) in [5.41, 5.74) is 7.75. The normalized spacial score (nSPS) is 12.0. The predicted molar refractivity (Wildman–Crippen MR) is 197 cm³/mol. The predicted octanol–water partition coefficient (Wildman–Crippen LogP) is 11.6. The Labute approximate surface area is 282 Å². The SMILES string of the molecule is c1ccc(-c2cc(-c3ccccc3)nc(-c3cccc(-n4c5c6c(ccc5c5ccc7ccccc7c54)Oc4ccccc4O6)c3)n2)cc1. The second-order valence-electron chi connectivity index (χ2n) is 12.2. The summed E-state index contributed by atoms with van der Waals surface area (Å²) in [5, 5.41) is 4.54. The van der Waals surface area contributed by atoms with E-state index in [0.29, 0.717) is 28.8 Å². The van der Waals surface area contributed by atoms with Crippen molar-refractivity contribution in [2.24, 2.45) is 0 Å². The Kier molecular flexibility index (Phi) is 6.11. The van der Waals surface area contributed by atoms with E-state index in [-0.39, 0.29) is 0 Å². The lowest BCUT2D eigenvalue weighted by Gasteiger charge is -2.22. The second-order valence-corrected chi connectivity index (χ2v) is 12.2. The van der Waals surface area contributed by atoms with Crippen molar-refractivity contribution in [2.75, 3.05) is 0 Å². The summed E-state index contributed by atoms with van der Waals surface area (Å²) in [6.45, 7) is 0. The molecule has 1 aliphatic rings. The van der Waals surface area contributed by atoms with Crippen molar-refractivity contribution in [1.82, 2.24) is 14.5 Å². The molecule has 0 aliphatic carbocycles. The molecule has 0 unspecified atom stereocenters. The quantitative estimate of drug-likeness (QED) is 0.194. The number of rotatable bonds is 4. The number of hydrogen-bond acceptors (Lipinski definition) is 4. The monoisotopic (exact) mass is 629 g/mol. The lowest BCUT2D eigenvalue weighted by Crippen LogP contribution is -2.02. The van der Waals surface area contributed by atoms with Crippen molar-refractivity contribution in [3.8, 4) is 62.6 Å². The molecule has 0 amide bonds. The van der Waals surface area contributed by atoms with E-state index in [1.807, 2.05) is 66.7 Å². The van der Waals surface area contributed by atoms with Gasteiger partial charge in [0.2, 0.25) is 0 Å². The van der Waals surface area contributed by atoms with Gasteiger partial charge in [0.15, 0.2) is 28.8 Å². The highest BCUT2D eigenvalue weighted by atomic mass is 16.6. The van der Waals surface area contributed by atoms with Crippen LogP contribution in [0.25, 0.3) is 72.2 Å². The third-order valence-corrected chi connectivity index (χ3v) is 9.24. The second kappa shape index (κ2) is 10.9. The van der Waals surface area contributed by atoms with Crippen molar-refractivity contribution >= 4 is 32.6 Å². The molecule has 5 nitrogen and oxygen atoms in total. The molecule has 0 saturated heterocycles. The van der Waals surface area contributed by atoms with Gasteiger partial charge in [-0.25, -0.2) is 9.97 Å². The molecule has 230 valence electrons. The molecule has 1 aliphatic heterocycles. The van der Waals surface area contributed by atoms with Crippen LogP contribution in [0.3, 0.4) is 0 Å². The minimum Gasteiger partial charge on any atom is -0.449 e. The molecule has 5 heteroatoms. The number of benzene rings is 7. The maximum Gasteiger partial charge on any atom is 0.194 e. The summed E-state index contributed by atoms with van der Waals surface area (Å²) in [6.07, 6.45) is 0. The summed E-state index contributed by atoms with van der Waals surface area (Å²) < 4.78 is 15.4. The van der Waals surface area contributed by atoms with Gasteiger partial charge in [-0.3, -0.25) is 0 Å². The average molecular weight is 630 g/mol. The first-order valence-corrected chi connectivity index (χ1v) is 16.3. The molecule has 0 atom stereocenters. The minimum atomic E-state index is 0.656. The Morgan fingerprint density at radius 3 is 1.78 bits per heavy atom. The van der Waals surface area contributed by atoms with Crippen LogP contribution < -0.4 is 9.47 Å². The van der Waals surface area contributed by atoms with E-state index in [1.165, 1.54) is 0 Å². The smallest absolute Gasteiger partial charge is 0.194 e. The van der Waals surface area contributed by atoms with Crippen LogP contribution in [0.1, 0.15) is 0 Å². The maximum atomic E-state index is 6.67. The maximum absolute atomic E-state index is 6.67. The summed E-state index contributed by atoms with van der Waals surface area (Å²) >= 11 is 0. The van der Waals surface area contributed by atoms with Crippen LogP contribution in [-0.4, -0.2) is 14.5 Å². The third-order valence-electron chi connectivity index (χ3n) is 9.24. The van der Waals surface area contributed by atoms with Gasteiger partial charge < -0.3 is 14.0 Å². The van der Waals surface area contributed by atoms with Crippen LogP contribution >= 0.6 is 0 Å². The largest absolute Gasteiger partial charge is 0.449 e. The molecular weight excluding hydrogens is 603 g/mol. The van der Waals surface area contributed by atoms with Crippen molar-refractivity contribution < 1.29 is 9.47 Å². The van der Waals surface area contributed by atoms with Gasteiger partial charge in [-0.1, -0.05) is 121 Å². The molecule has 10 rings (SSSR count). The molecule has 0 bridgehead atoms. The topological polar surface area (TPSA) is 49.2 Å². The molecule has 0 spiro atoms. The van der Waals surface area contributed by atoms with Crippen molar-refractivity contribution in [3.63, 3.8) is 0 Å². The molecule has 49 heavy (non-hydrogen) atoms. The van der Waals surface area contributed by atoms with Crippen molar-refractivity contribution in [2.45, 2.75) is 0 Å². The minimum absolute atomic E-state index is 0.656. The fraction of sp³-hybridized carbons (Fsp3) is 0. The van der Waals surface area contributed by atoms with Gasteiger partial charge in [0, 0.05) is 38.5 Å². The van der Waals surface area contributed by atoms with Gasteiger partial charge in [-0.15, -0.1) is 0 Å². The molecule has 3 heterocycles. The molecule has 9 aromatic rings. The van der Waals surface area contributed by atoms with E-state index >= 15 is 0 Å². The van der Waals surface area contributed by atoms with Gasteiger partial charge in [-0.2, -0.15) is 0 Å². The summed E-state index contributed by atoms with van der Waals surface area (Å²) in [7, 11) is 0. The zero-order valence-electron chi connectivity index (χ0n) is 26.2. The van der Waals surface area contributed by atoms with Crippen LogP contribution in [-0.2, 0) is 0 Å². The summed E-state index contributed by atoms with van der Waals surface area (Å²) in [4.78, 5) is 10.3. The highest BCUT2D eigenvalue weighted by Crippen LogP contribution is 2.51. The number of nitrogens with zero attached hydrogens (tertiary/aromatic N) is 3. The lowest BCUT2D eigenvalue weighted by atomic mass is 10.1. The van der Waals surface area contributed by atoms with E-state index in [1.54, 1.807) is 0 Å². The molecular formula is C44H27N3O2. The number of hydrogen-bond donors (Lipinski definition) is 0. The fourth-order valence-electron chi connectivity index (χ4n) is 6.98. The van der Waals surface area contributed by atoms with Gasteiger partial charge in [-0.05, 0) is 47.9 Å².